The van der Waals surface area contributed by atoms with Crippen LogP contribution in [0.5, 0.6) is 0 Å². The summed E-state index contributed by atoms with van der Waals surface area (Å²) >= 11 is 5.75. The Kier molecular flexibility index (Phi) is 5.16. The first kappa shape index (κ1) is 14.8. The highest BCUT2D eigenvalue weighted by Gasteiger charge is 2.07. The lowest BCUT2D eigenvalue weighted by molar-refractivity contribution is -0.117. The van der Waals surface area contributed by atoms with Gasteiger partial charge in [0.1, 0.15) is 0 Å². The zero-order valence-corrected chi connectivity index (χ0v) is 10.7. The Morgan fingerprint density at radius 3 is 2.32 bits per heavy atom. The number of nitrogens with one attached hydrogen (secondary N) is 1. The van der Waals surface area contributed by atoms with E-state index in [1.165, 1.54) is 11.2 Å². The lowest BCUT2D eigenvalue weighted by Gasteiger charge is -2.16. The number of nitrogens with zero attached hydrogens (tertiary/aromatic N) is 1. The summed E-state index contributed by atoms with van der Waals surface area (Å²) in [6.45, 7) is 0. The Bertz CT molecular complexity index is 482. The lowest BCUT2D eigenvalue weighted by Crippen LogP contribution is -2.34. The predicted molar refractivity (Wildman–Crippen MR) is 72.7 cm³/mol. The third kappa shape index (κ3) is 5.28. The number of hydrogen-bond acceptors (Lipinski definition) is 4. The molecule has 7 N–H and O–H groups in total. The van der Waals surface area contributed by atoms with Gasteiger partial charge < -0.3 is 16.8 Å². The van der Waals surface area contributed by atoms with Gasteiger partial charge in [-0.3, -0.25) is 9.80 Å². The van der Waals surface area contributed by atoms with Crippen LogP contribution in [0.25, 0.3) is 0 Å². The van der Waals surface area contributed by atoms with E-state index in [2.05, 4.69) is 5.32 Å². The summed E-state index contributed by atoms with van der Waals surface area (Å²) in [7, 11) is 0. The minimum absolute atomic E-state index is 0.190. The third-order valence-electron chi connectivity index (χ3n) is 2.07. The van der Waals surface area contributed by atoms with E-state index in [1.807, 2.05) is 0 Å². The van der Waals surface area contributed by atoms with Gasteiger partial charge in [-0.15, -0.1) is 0 Å². The summed E-state index contributed by atoms with van der Waals surface area (Å²) < 4.78 is 0. The Balaban J connectivity index is 2.89. The van der Waals surface area contributed by atoms with Crippen molar-refractivity contribution in [2.24, 2.45) is 17.3 Å². The Morgan fingerprint density at radius 1 is 1.26 bits per heavy atom. The molecule has 0 saturated heterocycles. The van der Waals surface area contributed by atoms with Crippen LogP contribution in [0.15, 0.2) is 36.2 Å². The van der Waals surface area contributed by atoms with E-state index in [0.29, 0.717) is 10.7 Å². The molecule has 0 fully saturated rings. The minimum atomic E-state index is -0.808. The number of carbonyl (C=O) groups excluding carboxylic acids is 2. The zero-order chi connectivity index (χ0) is 14.4. The molecule has 1 rings (SSSR count). The highest BCUT2D eigenvalue weighted by Crippen LogP contribution is 2.16. The van der Waals surface area contributed by atoms with Crippen molar-refractivity contribution < 1.29 is 9.59 Å². The maximum atomic E-state index is 10.9. The summed E-state index contributed by atoms with van der Waals surface area (Å²) in [5.74, 6) is 5.15. The SMILES string of the molecule is NC(=O)C/C(=C\N(N)c1ccc(Cl)cc1)NC(N)=O. The molecule has 19 heavy (non-hydrogen) atoms. The number of urea groups is 1. The molecule has 0 aliphatic rings. The van der Waals surface area contributed by atoms with Gasteiger partial charge in [0.2, 0.25) is 5.91 Å². The van der Waals surface area contributed by atoms with Crippen LogP contribution in [-0.2, 0) is 4.79 Å². The molecule has 0 atom stereocenters. The van der Waals surface area contributed by atoms with E-state index in [9.17, 15) is 9.59 Å². The molecule has 0 aliphatic heterocycles. The monoisotopic (exact) mass is 283 g/mol. The first-order valence-corrected chi connectivity index (χ1v) is 5.61. The van der Waals surface area contributed by atoms with Crippen molar-refractivity contribution >= 4 is 29.2 Å². The van der Waals surface area contributed by atoms with Gasteiger partial charge in [-0.25, -0.2) is 10.6 Å². The van der Waals surface area contributed by atoms with Crippen molar-refractivity contribution in [2.45, 2.75) is 6.42 Å². The number of benzene rings is 1. The van der Waals surface area contributed by atoms with Crippen LogP contribution in [0, 0.1) is 0 Å². The smallest absolute Gasteiger partial charge is 0.316 e. The number of halogens is 1. The molecule has 1 aromatic rings. The lowest BCUT2D eigenvalue weighted by atomic mass is 10.3. The van der Waals surface area contributed by atoms with Gasteiger partial charge in [-0.05, 0) is 24.3 Å². The van der Waals surface area contributed by atoms with E-state index in [-0.39, 0.29) is 12.1 Å². The molecule has 3 amide bonds. The molecule has 102 valence electrons. The van der Waals surface area contributed by atoms with Crippen molar-refractivity contribution in [1.82, 2.24) is 5.32 Å². The molecular formula is C11H14ClN5O2. The molecule has 0 radical (unpaired) electrons. The van der Waals surface area contributed by atoms with Crippen LogP contribution in [0.3, 0.4) is 0 Å². The molecule has 0 aromatic heterocycles. The van der Waals surface area contributed by atoms with Crippen molar-refractivity contribution in [2.75, 3.05) is 5.01 Å². The van der Waals surface area contributed by atoms with Crippen LogP contribution in [0.1, 0.15) is 6.42 Å². The number of hydrazine groups is 1. The number of anilines is 1. The van der Waals surface area contributed by atoms with Gasteiger partial charge in [0, 0.05) is 16.9 Å². The summed E-state index contributed by atoms with van der Waals surface area (Å²) in [5, 5.41) is 4.05. The molecule has 0 spiro atoms. The van der Waals surface area contributed by atoms with Crippen LogP contribution < -0.4 is 27.6 Å². The fraction of sp³-hybridized carbons (Fsp3) is 0.0909. The van der Waals surface area contributed by atoms with E-state index in [4.69, 9.17) is 28.9 Å². The first-order chi connectivity index (χ1) is 8.88. The van der Waals surface area contributed by atoms with Crippen LogP contribution in [0.4, 0.5) is 10.5 Å². The average molecular weight is 284 g/mol. The summed E-state index contributed by atoms with van der Waals surface area (Å²) in [6, 6.07) is 5.84. The standard InChI is InChI=1S/C11H14ClN5O2/c12-7-1-3-9(4-2-7)17(15)6-8(5-10(13)18)16-11(14)19/h1-4,6H,5,15H2,(H2,13,18)(H3,14,16,19)/b8-6+. The van der Waals surface area contributed by atoms with Crippen molar-refractivity contribution in [3.05, 3.63) is 41.2 Å². The molecule has 0 unspecified atom stereocenters. The molecule has 7 nitrogen and oxygen atoms in total. The highest BCUT2D eigenvalue weighted by molar-refractivity contribution is 6.30. The predicted octanol–water partition coefficient (Wildman–Crippen LogP) is 0.405. The van der Waals surface area contributed by atoms with Crippen LogP contribution in [0.2, 0.25) is 5.02 Å². The van der Waals surface area contributed by atoms with E-state index in [1.54, 1.807) is 24.3 Å². The third-order valence-corrected chi connectivity index (χ3v) is 2.32. The van der Waals surface area contributed by atoms with Gasteiger partial charge in [0.05, 0.1) is 12.1 Å². The first-order valence-electron chi connectivity index (χ1n) is 5.23. The van der Waals surface area contributed by atoms with Crippen molar-refractivity contribution in [1.29, 1.82) is 0 Å². The molecule has 0 bridgehead atoms. The number of amides is 3. The van der Waals surface area contributed by atoms with Crippen molar-refractivity contribution in [3.8, 4) is 0 Å². The average Bonchev–Trinajstić information content (AvgIpc) is 2.27. The highest BCUT2D eigenvalue weighted by atomic mass is 35.5. The topological polar surface area (TPSA) is 127 Å². The second-order valence-corrected chi connectivity index (χ2v) is 4.11. The number of primary amides is 2. The Morgan fingerprint density at radius 2 is 1.84 bits per heavy atom. The molecule has 1 aromatic carbocycles. The van der Waals surface area contributed by atoms with Crippen LogP contribution in [-0.4, -0.2) is 11.9 Å². The Hall–Kier alpha value is -2.25. The largest absolute Gasteiger partial charge is 0.369 e. The molecule has 0 heterocycles. The summed E-state index contributed by atoms with van der Waals surface area (Å²) in [4.78, 5) is 21.7. The number of nitrogens with two attached hydrogens (primary N) is 3. The Labute approximate surface area is 114 Å². The number of rotatable bonds is 5. The molecule has 8 heteroatoms. The van der Waals surface area contributed by atoms with Gasteiger partial charge in [0.25, 0.3) is 0 Å². The summed E-state index contributed by atoms with van der Waals surface area (Å²) in [5.41, 5.74) is 10.8. The minimum Gasteiger partial charge on any atom is -0.369 e. The summed E-state index contributed by atoms with van der Waals surface area (Å²) in [6.07, 6.45) is 1.16. The van der Waals surface area contributed by atoms with E-state index in [0.717, 1.165) is 0 Å². The number of hydrogen-bond donors (Lipinski definition) is 4. The second-order valence-electron chi connectivity index (χ2n) is 3.67. The van der Waals surface area contributed by atoms with Crippen molar-refractivity contribution in [3.63, 3.8) is 0 Å². The fourth-order valence-electron chi connectivity index (χ4n) is 1.32. The maximum Gasteiger partial charge on any atom is 0.316 e. The van der Waals surface area contributed by atoms with Crippen LogP contribution >= 0.6 is 11.6 Å². The molecule has 0 saturated carbocycles. The molecule has 0 aliphatic carbocycles. The van der Waals surface area contributed by atoms with E-state index >= 15 is 0 Å². The normalized spacial score (nSPS) is 10.9. The quantitative estimate of drug-likeness (QED) is 0.461. The van der Waals surface area contributed by atoms with Gasteiger partial charge in [-0.2, -0.15) is 0 Å². The van der Waals surface area contributed by atoms with Gasteiger partial charge in [-0.1, -0.05) is 11.6 Å². The van der Waals surface area contributed by atoms with Gasteiger partial charge >= 0.3 is 6.03 Å². The zero-order valence-electron chi connectivity index (χ0n) is 9.97. The van der Waals surface area contributed by atoms with E-state index < -0.39 is 11.9 Å². The van der Waals surface area contributed by atoms with Gasteiger partial charge in [0.15, 0.2) is 0 Å². The molecular weight excluding hydrogens is 270 g/mol. The number of carbonyl (C=O) groups is 2. The second kappa shape index (κ2) is 6.62. The maximum absolute atomic E-state index is 10.9. The fourth-order valence-corrected chi connectivity index (χ4v) is 1.45.